The molecule has 20 heavy (non-hydrogen) atoms. The predicted octanol–water partition coefficient (Wildman–Crippen LogP) is 4.93. The molecule has 0 amide bonds. The third-order valence-corrected chi connectivity index (χ3v) is 3.45. The van der Waals surface area contributed by atoms with Gasteiger partial charge in [0.25, 0.3) is 0 Å². The predicted molar refractivity (Wildman–Crippen MR) is 77.0 cm³/mol. The minimum atomic E-state index is -4.68. The van der Waals surface area contributed by atoms with Gasteiger partial charge >= 0.3 is 6.18 Å². The summed E-state index contributed by atoms with van der Waals surface area (Å²) in [6.07, 6.45) is -4.16. The summed E-state index contributed by atoms with van der Waals surface area (Å²) in [7, 11) is -2.45. The molecule has 0 spiro atoms. The molecule has 0 saturated carbocycles. The lowest BCUT2D eigenvalue weighted by molar-refractivity contribution is -0.117. The number of allylic oxidation sites excluding steroid dienone is 2. The van der Waals surface area contributed by atoms with Gasteiger partial charge in [-0.05, 0) is 43.9 Å². The highest BCUT2D eigenvalue weighted by Gasteiger charge is 2.39. The van der Waals surface area contributed by atoms with E-state index in [1.807, 2.05) is 0 Å². The molecule has 1 rings (SSSR count). The van der Waals surface area contributed by atoms with Gasteiger partial charge in [0.1, 0.15) is 0 Å². The SMILES string of the molecule is C[Si](C)(C)O/C(=C/C(=O)c1ccc(Br)cc1)C(F)(F)F. The Morgan fingerprint density at radius 1 is 1.20 bits per heavy atom. The van der Waals surface area contributed by atoms with Gasteiger partial charge in [-0.1, -0.05) is 15.9 Å². The van der Waals surface area contributed by atoms with Crippen molar-refractivity contribution in [2.45, 2.75) is 25.8 Å². The number of carbonyl (C=O) groups excluding carboxylic acids is 1. The van der Waals surface area contributed by atoms with Gasteiger partial charge in [0.15, 0.2) is 11.5 Å². The topological polar surface area (TPSA) is 26.3 Å². The van der Waals surface area contributed by atoms with Gasteiger partial charge in [-0.2, -0.15) is 13.2 Å². The van der Waals surface area contributed by atoms with E-state index in [0.29, 0.717) is 6.08 Å². The van der Waals surface area contributed by atoms with Gasteiger partial charge in [-0.15, -0.1) is 0 Å². The van der Waals surface area contributed by atoms with Crippen LogP contribution in [-0.2, 0) is 4.43 Å². The molecule has 1 aromatic carbocycles. The Hall–Kier alpha value is -1.08. The van der Waals surface area contributed by atoms with Crippen LogP contribution in [0.15, 0.2) is 40.6 Å². The average Bonchev–Trinajstić information content (AvgIpc) is 2.25. The van der Waals surface area contributed by atoms with Crippen LogP contribution in [0.3, 0.4) is 0 Å². The van der Waals surface area contributed by atoms with Crippen LogP contribution in [0.25, 0.3) is 0 Å². The monoisotopic (exact) mass is 366 g/mol. The average molecular weight is 367 g/mol. The second-order valence-electron chi connectivity index (χ2n) is 5.09. The lowest BCUT2D eigenvalue weighted by Gasteiger charge is -2.23. The third kappa shape index (κ3) is 5.50. The van der Waals surface area contributed by atoms with Gasteiger partial charge in [0.2, 0.25) is 8.32 Å². The van der Waals surface area contributed by atoms with E-state index in [9.17, 15) is 18.0 Å². The third-order valence-electron chi connectivity index (χ3n) is 2.09. The van der Waals surface area contributed by atoms with E-state index in [4.69, 9.17) is 4.43 Å². The summed E-state index contributed by atoms with van der Waals surface area (Å²) in [5.74, 6) is -1.97. The highest BCUT2D eigenvalue weighted by Crippen LogP contribution is 2.29. The van der Waals surface area contributed by atoms with Crippen molar-refractivity contribution in [1.82, 2.24) is 0 Å². The van der Waals surface area contributed by atoms with Crippen LogP contribution in [0.2, 0.25) is 19.6 Å². The number of rotatable bonds is 4. The maximum Gasteiger partial charge on any atom is 0.447 e. The molecule has 0 radical (unpaired) electrons. The number of carbonyl (C=O) groups is 1. The van der Waals surface area contributed by atoms with Gasteiger partial charge in [0, 0.05) is 16.1 Å². The zero-order valence-corrected chi connectivity index (χ0v) is 13.8. The number of alkyl halides is 3. The molecule has 0 bridgehead atoms. The molecule has 1 aromatic rings. The van der Waals surface area contributed by atoms with Crippen LogP contribution in [0.4, 0.5) is 13.2 Å². The second-order valence-corrected chi connectivity index (χ2v) is 10.4. The Labute approximate surface area is 124 Å². The molecule has 110 valence electrons. The van der Waals surface area contributed by atoms with E-state index < -0.39 is 26.0 Å². The number of halogens is 4. The molecular formula is C13H14BrF3O2Si. The highest BCUT2D eigenvalue weighted by atomic mass is 79.9. The standard InChI is InChI=1S/C13H14BrF3O2Si/c1-20(2,3)19-12(13(15,16)17)8-11(18)9-4-6-10(14)7-5-9/h4-8H,1-3H3/b12-8+. The summed E-state index contributed by atoms with van der Waals surface area (Å²) >= 11 is 3.19. The quantitative estimate of drug-likeness (QED) is 0.327. The summed E-state index contributed by atoms with van der Waals surface area (Å²) in [6, 6.07) is 6.08. The summed E-state index contributed by atoms with van der Waals surface area (Å²) in [6.45, 7) is 4.87. The summed E-state index contributed by atoms with van der Waals surface area (Å²) in [5, 5.41) is 0. The molecule has 0 heterocycles. The molecule has 0 unspecified atom stereocenters. The van der Waals surface area contributed by atoms with Crippen LogP contribution >= 0.6 is 15.9 Å². The molecule has 0 atom stereocenters. The molecule has 0 aliphatic heterocycles. The van der Waals surface area contributed by atoms with E-state index in [1.165, 1.54) is 12.1 Å². The fourth-order valence-corrected chi connectivity index (χ4v) is 2.41. The smallest absolute Gasteiger partial charge is 0.447 e. The van der Waals surface area contributed by atoms with Crippen molar-refractivity contribution in [2.75, 3.05) is 0 Å². The fraction of sp³-hybridized carbons (Fsp3) is 0.308. The Morgan fingerprint density at radius 2 is 1.70 bits per heavy atom. The van der Waals surface area contributed by atoms with Gasteiger partial charge < -0.3 is 4.43 Å². The van der Waals surface area contributed by atoms with Crippen molar-refractivity contribution in [2.24, 2.45) is 0 Å². The first-order chi connectivity index (χ1) is 8.99. The molecule has 0 saturated heterocycles. The lowest BCUT2D eigenvalue weighted by atomic mass is 10.1. The summed E-state index contributed by atoms with van der Waals surface area (Å²) in [5.41, 5.74) is 0.175. The Morgan fingerprint density at radius 3 is 2.10 bits per heavy atom. The molecule has 7 heteroatoms. The normalized spacial score (nSPS) is 13.2. The molecular weight excluding hydrogens is 353 g/mol. The van der Waals surface area contributed by atoms with Crippen molar-refractivity contribution in [3.63, 3.8) is 0 Å². The van der Waals surface area contributed by atoms with E-state index in [0.717, 1.165) is 4.47 Å². The largest absolute Gasteiger partial charge is 0.541 e. The van der Waals surface area contributed by atoms with Gasteiger partial charge in [0.05, 0.1) is 0 Å². The minimum Gasteiger partial charge on any atom is -0.541 e. The van der Waals surface area contributed by atoms with Crippen molar-refractivity contribution >= 4 is 30.0 Å². The van der Waals surface area contributed by atoms with Crippen molar-refractivity contribution in [3.8, 4) is 0 Å². The van der Waals surface area contributed by atoms with Gasteiger partial charge in [-0.25, -0.2) is 0 Å². The minimum absolute atomic E-state index is 0.175. The Bertz CT molecular complexity index is 516. The van der Waals surface area contributed by atoms with Crippen molar-refractivity contribution < 1.29 is 22.4 Å². The molecule has 0 aliphatic carbocycles. The number of hydrogen-bond donors (Lipinski definition) is 0. The maximum absolute atomic E-state index is 12.9. The molecule has 0 N–H and O–H groups in total. The Kier molecular flexibility index (Phi) is 5.20. The maximum atomic E-state index is 12.9. The van der Waals surface area contributed by atoms with Crippen molar-refractivity contribution in [1.29, 1.82) is 0 Å². The molecule has 0 aromatic heterocycles. The highest BCUT2D eigenvalue weighted by molar-refractivity contribution is 9.10. The first-order valence-electron chi connectivity index (χ1n) is 5.77. The van der Waals surface area contributed by atoms with E-state index in [2.05, 4.69) is 15.9 Å². The van der Waals surface area contributed by atoms with Crippen LogP contribution in [-0.4, -0.2) is 20.3 Å². The zero-order valence-electron chi connectivity index (χ0n) is 11.2. The molecule has 0 fully saturated rings. The first kappa shape index (κ1) is 17.0. The van der Waals surface area contributed by atoms with Gasteiger partial charge in [-0.3, -0.25) is 4.79 Å². The number of benzene rings is 1. The van der Waals surface area contributed by atoms with Crippen LogP contribution in [0.5, 0.6) is 0 Å². The molecule has 2 nitrogen and oxygen atoms in total. The fourth-order valence-electron chi connectivity index (χ4n) is 1.32. The summed E-state index contributed by atoms with van der Waals surface area (Å²) < 4.78 is 44.3. The van der Waals surface area contributed by atoms with E-state index >= 15 is 0 Å². The van der Waals surface area contributed by atoms with Crippen LogP contribution in [0, 0.1) is 0 Å². The number of hydrogen-bond acceptors (Lipinski definition) is 2. The Balaban J connectivity index is 3.07. The van der Waals surface area contributed by atoms with E-state index in [1.54, 1.807) is 31.8 Å². The lowest BCUT2D eigenvalue weighted by Crippen LogP contribution is -2.30. The zero-order chi connectivity index (χ0) is 15.6. The number of ketones is 1. The first-order valence-corrected chi connectivity index (χ1v) is 9.97. The summed E-state index contributed by atoms with van der Waals surface area (Å²) in [4.78, 5) is 11.8. The second kappa shape index (κ2) is 6.13. The van der Waals surface area contributed by atoms with Crippen LogP contribution < -0.4 is 0 Å². The van der Waals surface area contributed by atoms with Crippen LogP contribution in [0.1, 0.15) is 10.4 Å². The van der Waals surface area contributed by atoms with E-state index in [-0.39, 0.29) is 5.56 Å². The molecule has 0 aliphatic rings. The van der Waals surface area contributed by atoms with Crippen molar-refractivity contribution in [3.05, 3.63) is 46.1 Å².